The zero-order valence-corrected chi connectivity index (χ0v) is 16.6. The predicted molar refractivity (Wildman–Crippen MR) is 114 cm³/mol. The summed E-state index contributed by atoms with van der Waals surface area (Å²) in [5.41, 5.74) is 3.69. The molecule has 0 atom stereocenters. The van der Waals surface area contributed by atoms with E-state index >= 15 is 0 Å². The van der Waals surface area contributed by atoms with Crippen molar-refractivity contribution in [1.29, 1.82) is 0 Å². The summed E-state index contributed by atoms with van der Waals surface area (Å²) in [6.07, 6.45) is 0. The molecule has 0 fully saturated rings. The number of ether oxygens (including phenoxy) is 1. The van der Waals surface area contributed by atoms with Crippen LogP contribution in [0.3, 0.4) is 0 Å². The van der Waals surface area contributed by atoms with Crippen molar-refractivity contribution in [2.75, 3.05) is 12.0 Å². The molecule has 0 saturated heterocycles. The number of methoxy groups -OCH3 is 1. The summed E-state index contributed by atoms with van der Waals surface area (Å²) in [6, 6.07) is 23.4. The first-order valence-corrected chi connectivity index (χ1v) is 9.83. The Morgan fingerprint density at radius 2 is 1.79 bits per heavy atom. The van der Waals surface area contributed by atoms with Crippen LogP contribution in [0.5, 0.6) is 5.75 Å². The van der Waals surface area contributed by atoms with Crippen molar-refractivity contribution in [2.45, 2.75) is 13.5 Å². The van der Waals surface area contributed by atoms with Crippen LogP contribution in [0.15, 0.2) is 72.8 Å². The molecule has 28 heavy (non-hydrogen) atoms. The minimum atomic E-state index is -0.0603. The Labute approximate surface area is 168 Å². The number of fused-ring (bicyclic) bond motifs is 1. The fourth-order valence-electron chi connectivity index (χ4n) is 2.98. The lowest BCUT2D eigenvalue weighted by atomic mass is 10.1. The van der Waals surface area contributed by atoms with Crippen molar-refractivity contribution in [3.05, 3.63) is 89.5 Å². The minimum Gasteiger partial charge on any atom is -0.497 e. The lowest BCUT2D eigenvalue weighted by Crippen LogP contribution is -2.30. The van der Waals surface area contributed by atoms with E-state index in [1.165, 1.54) is 11.3 Å². The number of thiazole rings is 1. The Kier molecular flexibility index (Phi) is 5.08. The summed E-state index contributed by atoms with van der Waals surface area (Å²) in [5.74, 6) is 0.719. The van der Waals surface area contributed by atoms with Gasteiger partial charge in [-0.2, -0.15) is 0 Å². The molecule has 140 valence electrons. The third-order valence-corrected chi connectivity index (χ3v) is 5.58. The second-order valence-corrected chi connectivity index (χ2v) is 7.58. The number of hydrogen-bond acceptors (Lipinski definition) is 4. The van der Waals surface area contributed by atoms with Gasteiger partial charge in [0.05, 0.1) is 23.9 Å². The summed E-state index contributed by atoms with van der Waals surface area (Å²) in [7, 11) is 1.64. The van der Waals surface area contributed by atoms with Crippen molar-refractivity contribution in [1.82, 2.24) is 4.98 Å². The Morgan fingerprint density at radius 1 is 1.04 bits per heavy atom. The van der Waals surface area contributed by atoms with Gasteiger partial charge in [0.1, 0.15) is 5.75 Å². The van der Waals surface area contributed by atoms with Gasteiger partial charge in [-0.05, 0) is 42.8 Å². The van der Waals surface area contributed by atoms with Gasteiger partial charge in [0.15, 0.2) is 5.13 Å². The first kappa shape index (κ1) is 18.2. The van der Waals surface area contributed by atoms with Gasteiger partial charge in [-0.1, -0.05) is 59.4 Å². The van der Waals surface area contributed by atoms with Crippen molar-refractivity contribution < 1.29 is 9.53 Å². The number of benzene rings is 3. The molecule has 0 radical (unpaired) electrons. The summed E-state index contributed by atoms with van der Waals surface area (Å²) in [6.45, 7) is 2.47. The lowest BCUT2D eigenvalue weighted by Gasteiger charge is -2.20. The van der Waals surface area contributed by atoms with E-state index in [1.54, 1.807) is 12.0 Å². The van der Waals surface area contributed by atoms with E-state index in [0.29, 0.717) is 17.2 Å². The number of aromatic nitrogens is 1. The van der Waals surface area contributed by atoms with E-state index in [4.69, 9.17) is 9.72 Å². The Bertz CT molecular complexity index is 1100. The maximum atomic E-state index is 13.3. The minimum absolute atomic E-state index is 0.0603. The zero-order chi connectivity index (χ0) is 19.5. The predicted octanol–water partition coefficient (Wildman–Crippen LogP) is 5.46. The molecule has 0 unspecified atom stereocenters. The molecule has 4 rings (SSSR count). The largest absolute Gasteiger partial charge is 0.497 e. The van der Waals surface area contributed by atoms with Crippen LogP contribution in [-0.4, -0.2) is 18.0 Å². The van der Waals surface area contributed by atoms with Gasteiger partial charge < -0.3 is 4.74 Å². The Morgan fingerprint density at radius 3 is 2.50 bits per heavy atom. The highest BCUT2D eigenvalue weighted by molar-refractivity contribution is 7.22. The first-order valence-electron chi connectivity index (χ1n) is 9.01. The quantitative estimate of drug-likeness (QED) is 0.456. The average molecular weight is 388 g/mol. The molecule has 0 bridgehead atoms. The molecule has 0 aliphatic carbocycles. The third-order valence-electron chi connectivity index (χ3n) is 4.54. The number of hydrogen-bond donors (Lipinski definition) is 0. The number of amides is 1. The Hall–Kier alpha value is -3.18. The van der Waals surface area contributed by atoms with Crippen LogP contribution >= 0.6 is 11.3 Å². The molecule has 0 spiro atoms. The molecule has 4 nitrogen and oxygen atoms in total. The summed E-state index contributed by atoms with van der Waals surface area (Å²) >= 11 is 1.49. The Balaban J connectivity index is 1.75. The molecule has 5 heteroatoms. The van der Waals surface area contributed by atoms with Crippen LogP contribution in [-0.2, 0) is 6.54 Å². The van der Waals surface area contributed by atoms with E-state index in [2.05, 4.69) is 0 Å². The number of rotatable bonds is 5. The molecular weight excluding hydrogens is 368 g/mol. The first-order chi connectivity index (χ1) is 13.6. The monoisotopic (exact) mass is 388 g/mol. The van der Waals surface area contributed by atoms with Crippen LogP contribution in [0.1, 0.15) is 21.5 Å². The van der Waals surface area contributed by atoms with Crippen LogP contribution in [0.2, 0.25) is 0 Å². The second kappa shape index (κ2) is 7.82. The zero-order valence-electron chi connectivity index (χ0n) is 15.8. The molecule has 0 aliphatic heterocycles. The van der Waals surface area contributed by atoms with Crippen LogP contribution in [0.4, 0.5) is 5.13 Å². The standard InChI is InChI=1S/C23H20N2O2S/c1-16-8-10-18(11-9-16)22(26)25(15-17-6-4-3-5-7-17)23-24-20-13-12-19(27-2)14-21(20)28-23/h3-14H,15H2,1-2H3. The highest BCUT2D eigenvalue weighted by Gasteiger charge is 2.22. The van der Waals surface area contributed by atoms with E-state index in [-0.39, 0.29) is 5.91 Å². The maximum absolute atomic E-state index is 13.3. The van der Waals surface area contributed by atoms with E-state index in [0.717, 1.165) is 27.1 Å². The molecular formula is C23H20N2O2S. The van der Waals surface area contributed by atoms with Crippen molar-refractivity contribution in [3.63, 3.8) is 0 Å². The number of aryl methyl sites for hydroxylation is 1. The van der Waals surface area contributed by atoms with E-state index in [9.17, 15) is 4.79 Å². The molecule has 0 N–H and O–H groups in total. The van der Waals surface area contributed by atoms with Gasteiger partial charge in [0, 0.05) is 5.56 Å². The van der Waals surface area contributed by atoms with Gasteiger partial charge in [0.25, 0.3) is 5.91 Å². The molecule has 4 aromatic rings. The van der Waals surface area contributed by atoms with Crippen molar-refractivity contribution in [2.24, 2.45) is 0 Å². The van der Waals surface area contributed by atoms with E-state index in [1.807, 2.05) is 79.7 Å². The fourth-order valence-corrected chi connectivity index (χ4v) is 3.97. The summed E-state index contributed by atoms with van der Waals surface area (Å²) in [5, 5.41) is 0.678. The molecule has 0 aliphatic rings. The average Bonchev–Trinajstić information content (AvgIpc) is 3.15. The normalized spacial score (nSPS) is 10.8. The highest BCUT2D eigenvalue weighted by atomic mass is 32.1. The molecule has 1 heterocycles. The topological polar surface area (TPSA) is 42.4 Å². The maximum Gasteiger partial charge on any atom is 0.260 e. The summed E-state index contributed by atoms with van der Waals surface area (Å²) in [4.78, 5) is 19.8. The molecule has 0 saturated carbocycles. The van der Waals surface area contributed by atoms with Crippen LogP contribution < -0.4 is 9.64 Å². The second-order valence-electron chi connectivity index (χ2n) is 6.57. The number of anilines is 1. The van der Waals surface area contributed by atoms with Gasteiger partial charge in [-0.3, -0.25) is 9.69 Å². The third kappa shape index (κ3) is 3.75. The number of carbonyl (C=O) groups is 1. The van der Waals surface area contributed by atoms with Gasteiger partial charge in [0.2, 0.25) is 0 Å². The molecule has 1 amide bonds. The van der Waals surface area contributed by atoms with Gasteiger partial charge >= 0.3 is 0 Å². The van der Waals surface area contributed by atoms with Crippen molar-refractivity contribution >= 4 is 32.6 Å². The molecule has 1 aromatic heterocycles. The lowest BCUT2D eigenvalue weighted by molar-refractivity contribution is 0.0985. The van der Waals surface area contributed by atoms with Crippen molar-refractivity contribution in [3.8, 4) is 5.75 Å². The smallest absolute Gasteiger partial charge is 0.260 e. The fraction of sp³-hybridized carbons (Fsp3) is 0.130. The van der Waals surface area contributed by atoms with E-state index < -0.39 is 0 Å². The number of nitrogens with zero attached hydrogens (tertiary/aromatic N) is 2. The van der Waals surface area contributed by atoms with Gasteiger partial charge in [-0.25, -0.2) is 4.98 Å². The SMILES string of the molecule is COc1ccc2nc(N(Cc3ccccc3)C(=O)c3ccc(C)cc3)sc2c1. The number of carbonyl (C=O) groups excluding carboxylic acids is 1. The van der Waals surface area contributed by atoms with Crippen LogP contribution in [0.25, 0.3) is 10.2 Å². The molecule has 3 aromatic carbocycles. The van der Waals surface area contributed by atoms with Gasteiger partial charge in [-0.15, -0.1) is 0 Å². The van der Waals surface area contributed by atoms with Crippen LogP contribution in [0, 0.1) is 6.92 Å². The summed E-state index contributed by atoms with van der Waals surface area (Å²) < 4.78 is 6.30. The highest BCUT2D eigenvalue weighted by Crippen LogP contribution is 2.33.